The summed E-state index contributed by atoms with van der Waals surface area (Å²) in [5.41, 5.74) is 4.03. The van der Waals surface area contributed by atoms with E-state index in [-0.39, 0.29) is 0 Å². The molecule has 5 heteroatoms. The Morgan fingerprint density at radius 2 is 1.67 bits per heavy atom. The van der Waals surface area contributed by atoms with Gasteiger partial charge >= 0.3 is 6.09 Å². The summed E-state index contributed by atoms with van der Waals surface area (Å²) in [6, 6.07) is 4.55. The van der Waals surface area contributed by atoms with Gasteiger partial charge in [0.1, 0.15) is 11.6 Å². The minimum Gasteiger partial charge on any atom is -0.465 e. The van der Waals surface area contributed by atoms with Crippen LogP contribution in [0.2, 0.25) is 0 Å². The van der Waals surface area contributed by atoms with Crippen molar-refractivity contribution < 1.29 is 18.7 Å². The van der Waals surface area contributed by atoms with E-state index < -0.39 is 17.7 Å². The van der Waals surface area contributed by atoms with E-state index in [4.69, 9.17) is 9.90 Å². The zero-order valence-corrected chi connectivity index (χ0v) is 6.00. The van der Waals surface area contributed by atoms with Crippen molar-refractivity contribution in [1.29, 1.82) is 0 Å². The first kappa shape index (κ1) is 10.3. The molecule has 0 aliphatic rings. The SMILES string of the molecule is Fc1cccc(F)c1.NC(=O)O. The van der Waals surface area contributed by atoms with Crippen LogP contribution in [0.5, 0.6) is 0 Å². The van der Waals surface area contributed by atoms with Crippen LogP contribution in [0.15, 0.2) is 24.3 Å². The van der Waals surface area contributed by atoms with Crippen molar-refractivity contribution in [3.8, 4) is 0 Å². The Hall–Kier alpha value is -1.65. The first-order valence-corrected chi connectivity index (χ1v) is 2.92. The quantitative estimate of drug-likeness (QED) is 0.628. The molecule has 0 aromatic heterocycles. The molecule has 0 aliphatic carbocycles. The fraction of sp³-hybridized carbons (Fsp3) is 0. The molecule has 0 heterocycles. The Morgan fingerprint density at radius 3 is 1.83 bits per heavy atom. The van der Waals surface area contributed by atoms with Gasteiger partial charge in [-0.05, 0) is 12.1 Å². The molecule has 1 rings (SSSR count). The second kappa shape index (κ2) is 5.06. The molecule has 0 saturated heterocycles. The van der Waals surface area contributed by atoms with E-state index >= 15 is 0 Å². The number of nitrogens with two attached hydrogens (primary N) is 1. The van der Waals surface area contributed by atoms with Gasteiger partial charge in [-0.1, -0.05) is 6.07 Å². The van der Waals surface area contributed by atoms with Crippen molar-refractivity contribution in [2.24, 2.45) is 5.73 Å². The van der Waals surface area contributed by atoms with Crippen molar-refractivity contribution in [2.45, 2.75) is 0 Å². The van der Waals surface area contributed by atoms with Crippen LogP contribution in [0.25, 0.3) is 0 Å². The molecule has 0 aliphatic heterocycles. The summed E-state index contributed by atoms with van der Waals surface area (Å²) < 4.78 is 23.9. The van der Waals surface area contributed by atoms with E-state index in [1.807, 2.05) is 0 Å². The van der Waals surface area contributed by atoms with Gasteiger partial charge in [-0.25, -0.2) is 13.6 Å². The van der Waals surface area contributed by atoms with Crippen LogP contribution in [-0.2, 0) is 0 Å². The summed E-state index contributed by atoms with van der Waals surface area (Å²) in [4.78, 5) is 8.78. The van der Waals surface area contributed by atoms with Gasteiger partial charge in [0.15, 0.2) is 0 Å². The molecule has 0 bridgehead atoms. The Kier molecular flexibility index (Phi) is 4.36. The predicted molar refractivity (Wildman–Crippen MR) is 38.6 cm³/mol. The number of hydrogen-bond donors (Lipinski definition) is 2. The molecule has 3 nitrogen and oxygen atoms in total. The summed E-state index contributed by atoms with van der Waals surface area (Å²) in [5, 5.41) is 7.19. The number of carboxylic acid groups (broad SMARTS) is 1. The molecule has 1 aromatic rings. The smallest absolute Gasteiger partial charge is 0.402 e. The number of amides is 1. The third-order valence-electron chi connectivity index (χ3n) is 0.787. The van der Waals surface area contributed by atoms with Gasteiger partial charge in [-0.2, -0.15) is 0 Å². The maximum absolute atomic E-state index is 11.9. The Bertz CT molecular complexity index is 244. The second-order valence-electron chi connectivity index (χ2n) is 1.78. The van der Waals surface area contributed by atoms with E-state index in [9.17, 15) is 8.78 Å². The van der Waals surface area contributed by atoms with Crippen LogP contribution in [-0.4, -0.2) is 11.2 Å². The minimum atomic E-state index is -1.33. The number of hydrogen-bond acceptors (Lipinski definition) is 1. The lowest BCUT2D eigenvalue weighted by Gasteiger charge is -1.84. The molecular formula is C7H7F2NO2. The molecule has 0 radical (unpaired) electrons. The van der Waals surface area contributed by atoms with Gasteiger partial charge < -0.3 is 10.8 Å². The fourth-order valence-corrected chi connectivity index (χ4v) is 0.460. The molecular weight excluding hydrogens is 168 g/mol. The first-order valence-electron chi connectivity index (χ1n) is 2.92. The lowest BCUT2D eigenvalue weighted by molar-refractivity contribution is 0.205. The standard InChI is InChI=1S/C6H4F2.CH3NO2/c7-5-2-1-3-6(8)4-5;2-1(3)4/h1-4H;2H2,(H,3,4). The summed E-state index contributed by atoms with van der Waals surface area (Å²) in [6.45, 7) is 0. The maximum Gasteiger partial charge on any atom is 0.402 e. The van der Waals surface area contributed by atoms with Crippen LogP contribution in [0.3, 0.4) is 0 Å². The highest BCUT2D eigenvalue weighted by Gasteiger charge is 1.88. The monoisotopic (exact) mass is 175 g/mol. The highest BCUT2D eigenvalue weighted by Crippen LogP contribution is 1.99. The molecule has 1 aromatic carbocycles. The molecule has 0 spiro atoms. The lowest BCUT2D eigenvalue weighted by atomic mass is 10.3. The van der Waals surface area contributed by atoms with Crippen molar-refractivity contribution in [2.75, 3.05) is 0 Å². The highest BCUT2D eigenvalue weighted by molar-refractivity contribution is 5.61. The summed E-state index contributed by atoms with van der Waals surface area (Å²) in [5.74, 6) is -1.07. The van der Waals surface area contributed by atoms with Crippen LogP contribution in [0, 0.1) is 11.6 Å². The highest BCUT2D eigenvalue weighted by atomic mass is 19.1. The van der Waals surface area contributed by atoms with E-state index in [2.05, 4.69) is 5.73 Å². The number of primary amides is 1. The third kappa shape index (κ3) is 6.47. The minimum absolute atomic E-state index is 0.537. The Morgan fingerprint density at radius 1 is 1.33 bits per heavy atom. The molecule has 12 heavy (non-hydrogen) atoms. The van der Waals surface area contributed by atoms with Gasteiger partial charge in [0.2, 0.25) is 0 Å². The fourth-order valence-electron chi connectivity index (χ4n) is 0.460. The predicted octanol–water partition coefficient (Wildman–Crippen LogP) is 1.59. The second-order valence-corrected chi connectivity index (χ2v) is 1.78. The largest absolute Gasteiger partial charge is 0.465 e. The normalized spacial score (nSPS) is 8.17. The van der Waals surface area contributed by atoms with E-state index in [1.54, 1.807) is 0 Å². The number of carbonyl (C=O) groups is 1. The molecule has 0 atom stereocenters. The van der Waals surface area contributed by atoms with Crippen molar-refractivity contribution in [1.82, 2.24) is 0 Å². The molecule has 66 valence electrons. The number of rotatable bonds is 0. The number of benzene rings is 1. The van der Waals surface area contributed by atoms with E-state index in [1.165, 1.54) is 18.2 Å². The molecule has 3 N–H and O–H groups in total. The van der Waals surface area contributed by atoms with Gasteiger partial charge in [0, 0.05) is 6.07 Å². The van der Waals surface area contributed by atoms with Crippen LogP contribution < -0.4 is 5.73 Å². The van der Waals surface area contributed by atoms with Gasteiger partial charge in [0.05, 0.1) is 0 Å². The lowest BCUT2D eigenvalue weighted by Crippen LogP contribution is -2.03. The first-order chi connectivity index (χ1) is 5.52. The summed E-state index contributed by atoms with van der Waals surface area (Å²) >= 11 is 0. The van der Waals surface area contributed by atoms with Crippen LogP contribution in [0.4, 0.5) is 13.6 Å². The summed E-state index contributed by atoms with van der Waals surface area (Å²) in [6.07, 6.45) is -1.33. The zero-order chi connectivity index (χ0) is 9.56. The topological polar surface area (TPSA) is 63.3 Å². The molecule has 1 amide bonds. The Labute approximate surface area is 67.4 Å². The van der Waals surface area contributed by atoms with Gasteiger partial charge in [-0.3, -0.25) is 0 Å². The van der Waals surface area contributed by atoms with E-state index in [0.717, 1.165) is 6.07 Å². The maximum atomic E-state index is 11.9. The third-order valence-corrected chi connectivity index (χ3v) is 0.787. The van der Waals surface area contributed by atoms with E-state index in [0.29, 0.717) is 0 Å². The zero-order valence-electron chi connectivity index (χ0n) is 6.00. The molecule has 0 unspecified atom stereocenters. The Balaban J connectivity index is 0.000000261. The molecule has 0 fully saturated rings. The average molecular weight is 175 g/mol. The van der Waals surface area contributed by atoms with Gasteiger partial charge in [0.25, 0.3) is 0 Å². The van der Waals surface area contributed by atoms with Crippen LogP contribution >= 0.6 is 0 Å². The average Bonchev–Trinajstić information content (AvgIpc) is 1.84. The van der Waals surface area contributed by atoms with Crippen molar-refractivity contribution in [3.63, 3.8) is 0 Å². The van der Waals surface area contributed by atoms with Gasteiger partial charge in [-0.15, -0.1) is 0 Å². The number of halogens is 2. The van der Waals surface area contributed by atoms with Crippen molar-refractivity contribution in [3.05, 3.63) is 35.9 Å². The summed E-state index contributed by atoms with van der Waals surface area (Å²) in [7, 11) is 0. The molecule has 0 saturated carbocycles. The van der Waals surface area contributed by atoms with Crippen molar-refractivity contribution >= 4 is 6.09 Å². The van der Waals surface area contributed by atoms with Crippen LogP contribution in [0.1, 0.15) is 0 Å².